The first-order valence-corrected chi connectivity index (χ1v) is 11.3. The van der Waals surface area contributed by atoms with Crippen LogP contribution in [0.25, 0.3) is 30.9 Å². The van der Waals surface area contributed by atoms with Crippen LogP contribution >= 0.6 is 22.7 Å². The highest BCUT2D eigenvalue weighted by molar-refractivity contribution is 7.22. The summed E-state index contributed by atoms with van der Waals surface area (Å²) in [6.07, 6.45) is 0. The molecule has 0 aliphatic rings. The van der Waals surface area contributed by atoms with E-state index in [4.69, 9.17) is 4.98 Å². The number of benzene rings is 3. The lowest BCUT2D eigenvalue weighted by Crippen LogP contribution is -2.12. The highest BCUT2D eigenvalue weighted by Crippen LogP contribution is 2.38. The van der Waals surface area contributed by atoms with Gasteiger partial charge in [0.2, 0.25) is 5.91 Å². The predicted molar refractivity (Wildman–Crippen MR) is 129 cm³/mol. The number of thiazole rings is 1. The van der Waals surface area contributed by atoms with Gasteiger partial charge in [0.15, 0.2) is 0 Å². The Balaban J connectivity index is 1.39. The Labute approximate surface area is 186 Å². The molecule has 2 heterocycles. The van der Waals surface area contributed by atoms with Crippen molar-refractivity contribution >= 4 is 66.2 Å². The molecule has 0 saturated carbocycles. The third kappa shape index (κ3) is 3.93. The maximum atomic E-state index is 12.7. The molecule has 0 aliphatic heterocycles. The number of hydrogen-bond acceptors (Lipinski definition) is 5. The van der Waals surface area contributed by atoms with E-state index in [0.717, 1.165) is 20.8 Å². The van der Waals surface area contributed by atoms with Crippen LogP contribution in [-0.2, 0) is 4.79 Å². The minimum Gasteiger partial charge on any atom is -0.326 e. The summed E-state index contributed by atoms with van der Waals surface area (Å²) in [4.78, 5) is 28.6. The summed E-state index contributed by atoms with van der Waals surface area (Å²) in [5.74, 6) is -0.324. The molecule has 152 valence electrons. The monoisotopic (exact) mass is 443 g/mol. The fourth-order valence-corrected chi connectivity index (χ4v) is 5.42. The minimum absolute atomic E-state index is 0.135. The molecule has 0 aliphatic carbocycles. The summed E-state index contributed by atoms with van der Waals surface area (Å²) in [5.41, 5.74) is 3.93. The number of hydrogen-bond donors (Lipinski definition) is 2. The van der Waals surface area contributed by atoms with Crippen LogP contribution in [0.2, 0.25) is 0 Å². The number of carbonyl (C=O) groups is 2. The summed E-state index contributed by atoms with van der Waals surface area (Å²) >= 11 is 3.30. The minimum atomic E-state index is -0.190. The Kier molecular flexibility index (Phi) is 4.97. The first-order chi connectivity index (χ1) is 15.1. The lowest BCUT2D eigenvalue weighted by Gasteiger charge is -2.07. The molecule has 0 atom stereocenters. The van der Waals surface area contributed by atoms with Gasteiger partial charge < -0.3 is 10.6 Å². The molecule has 2 N–H and O–H groups in total. The highest BCUT2D eigenvalue weighted by atomic mass is 32.1. The second kappa shape index (κ2) is 7.94. The lowest BCUT2D eigenvalue weighted by molar-refractivity contribution is -0.114. The van der Waals surface area contributed by atoms with Crippen molar-refractivity contribution in [2.45, 2.75) is 6.92 Å². The van der Waals surface area contributed by atoms with Crippen molar-refractivity contribution < 1.29 is 9.59 Å². The van der Waals surface area contributed by atoms with Crippen molar-refractivity contribution in [2.75, 3.05) is 10.6 Å². The standard InChI is InChI=1S/C24H17N3O2S2/c1-14(28)25-16-7-9-17(10-8-16)26-23(29)15-6-11-20-22(12-15)31-24(27-20)19-13-30-21-5-3-2-4-18(19)21/h2-13H,1H3,(H,25,28)(H,26,29). The molecule has 3 aromatic carbocycles. The molecule has 0 fully saturated rings. The summed E-state index contributed by atoms with van der Waals surface area (Å²) in [6.45, 7) is 1.46. The normalized spacial score (nSPS) is 11.0. The second-order valence-electron chi connectivity index (χ2n) is 7.06. The van der Waals surface area contributed by atoms with Crippen LogP contribution in [0.3, 0.4) is 0 Å². The summed E-state index contributed by atoms with van der Waals surface area (Å²) < 4.78 is 2.21. The molecule has 0 radical (unpaired) electrons. The van der Waals surface area contributed by atoms with E-state index in [1.165, 1.54) is 17.0 Å². The van der Waals surface area contributed by atoms with Crippen molar-refractivity contribution in [3.05, 3.63) is 77.7 Å². The average molecular weight is 444 g/mol. The van der Waals surface area contributed by atoms with Crippen molar-refractivity contribution in [3.63, 3.8) is 0 Å². The van der Waals surface area contributed by atoms with Gasteiger partial charge in [0.1, 0.15) is 5.01 Å². The Morgan fingerprint density at radius 3 is 2.39 bits per heavy atom. The van der Waals surface area contributed by atoms with Gasteiger partial charge in [-0.25, -0.2) is 4.98 Å². The summed E-state index contributed by atoms with van der Waals surface area (Å²) in [7, 11) is 0. The van der Waals surface area contributed by atoms with E-state index in [-0.39, 0.29) is 11.8 Å². The third-order valence-electron chi connectivity index (χ3n) is 4.83. The largest absolute Gasteiger partial charge is 0.326 e. The maximum Gasteiger partial charge on any atom is 0.255 e. The van der Waals surface area contributed by atoms with E-state index in [9.17, 15) is 9.59 Å². The second-order valence-corrected chi connectivity index (χ2v) is 9.00. The molecule has 5 aromatic rings. The van der Waals surface area contributed by atoms with Crippen LogP contribution in [0, 0.1) is 0 Å². The molecule has 2 amide bonds. The Morgan fingerprint density at radius 1 is 0.871 bits per heavy atom. The van der Waals surface area contributed by atoms with Crippen molar-refractivity contribution in [1.82, 2.24) is 4.98 Å². The third-order valence-corrected chi connectivity index (χ3v) is 6.84. The van der Waals surface area contributed by atoms with Gasteiger partial charge >= 0.3 is 0 Å². The number of aromatic nitrogens is 1. The zero-order chi connectivity index (χ0) is 21.4. The first kappa shape index (κ1) is 19.4. The number of carbonyl (C=O) groups excluding carboxylic acids is 2. The van der Waals surface area contributed by atoms with Gasteiger partial charge in [-0.2, -0.15) is 0 Å². The number of fused-ring (bicyclic) bond motifs is 2. The maximum absolute atomic E-state index is 12.7. The van der Waals surface area contributed by atoms with Gasteiger partial charge in [-0.1, -0.05) is 18.2 Å². The van der Waals surface area contributed by atoms with Crippen LogP contribution in [0.1, 0.15) is 17.3 Å². The number of thiophene rings is 1. The van der Waals surface area contributed by atoms with Gasteiger partial charge in [-0.15, -0.1) is 22.7 Å². The van der Waals surface area contributed by atoms with E-state index in [1.54, 1.807) is 53.0 Å². The Morgan fingerprint density at radius 2 is 1.61 bits per heavy atom. The van der Waals surface area contributed by atoms with Gasteiger partial charge in [0, 0.05) is 44.9 Å². The number of rotatable bonds is 4. The van der Waals surface area contributed by atoms with Gasteiger partial charge in [0.25, 0.3) is 5.91 Å². The van der Waals surface area contributed by atoms with E-state index in [1.807, 2.05) is 24.3 Å². The lowest BCUT2D eigenvalue weighted by atomic mass is 10.2. The highest BCUT2D eigenvalue weighted by Gasteiger charge is 2.13. The quantitative estimate of drug-likeness (QED) is 0.338. The van der Waals surface area contributed by atoms with Crippen LogP contribution in [0.5, 0.6) is 0 Å². The fourth-order valence-electron chi connectivity index (χ4n) is 3.37. The van der Waals surface area contributed by atoms with E-state index in [0.29, 0.717) is 16.9 Å². The number of nitrogens with zero attached hydrogens (tertiary/aromatic N) is 1. The molecule has 5 nitrogen and oxygen atoms in total. The van der Waals surface area contributed by atoms with Gasteiger partial charge in [0.05, 0.1) is 10.2 Å². The van der Waals surface area contributed by atoms with Crippen LogP contribution in [-0.4, -0.2) is 16.8 Å². The SMILES string of the molecule is CC(=O)Nc1ccc(NC(=O)c2ccc3nc(-c4csc5ccccc45)sc3c2)cc1. The zero-order valence-electron chi connectivity index (χ0n) is 16.5. The smallest absolute Gasteiger partial charge is 0.255 e. The average Bonchev–Trinajstić information content (AvgIpc) is 3.38. The van der Waals surface area contributed by atoms with E-state index >= 15 is 0 Å². The van der Waals surface area contributed by atoms with Crippen LogP contribution < -0.4 is 10.6 Å². The van der Waals surface area contributed by atoms with Crippen LogP contribution in [0.4, 0.5) is 11.4 Å². The Hall–Kier alpha value is -3.55. The van der Waals surface area contributed by atoms with Gasteiger partial charge in [-0.05, 0) is 48.5 Å². The number of nitrogens with one attached hydrogen (secondary N) is 2. The molecule has 0 unspecified atom stereocenters. The molecular weight excluding hydrogens is 426 g/mol. The molecule has 7 heteroatoms. The number of anilines is 2. The van der Waals surface area contributed by atoms with E-state index < -0.39 is 0 Å². The van der Waals surface area contributed by atoms with Crippen LogP contribution in [0.15, 0.2) is 72.1 Å². The molecule has 2 aromatic heterocycles. The molecule has 0 bridgehead atoms. The predicted octanol–water partition coefficient (Wildman–Crippen LogP) is 6.39. The van der Waals surface area contributed by atoms with Crippen molar-refractivity contribution in [1.29, 1.82) is 0 Å². The molecule has 31 heavy (non-hydrogen) atoms. The molecular formula is C24H17N3O2S2. The Bertz CT molecular complexity index is 1430. The zero-order valence-corrected chi connectivity index (χ0v) is 18.1. The van der Waals surface area contributed by atoms with Gasteiger partial charge in [-0.3, -0.25) is 9.59 Å². The summed E-state index contributed by atoms with van der Waals surface area (Å²) in [6, 6.07) is 20.9. The van der Waals surface area contributed by atoms with E-state index in [2.05, 4.69) is 28.1 Å². The molecule has 0 spiro atoms. The topological polar surface area (TPSA) is 71.1 Å². The summed E-state index contributed by atoms with van der Waals surface area (Å²) in [5, 5.41) is 9.90. The van der Waals surface area contributed by atoms with Crippen molar-refractivity contribution in [2.24, 2.45) is 0 Å². The fraction of sp³-hybridized carbons (Fsp3) is 0.0417. The van der Waals surface area contributed by atoms with Crippen molar-refractivity contribution in [3.8, 4) is 10.6 Å². The molecule has 5 rings (SSSR count). The first-order valence-electron chi connectivity index (χ1n) is 9.63. The molecule has 0 saturated heterocycles. The number of amides is 2.